The second kappa shape index (κ2) is 6.26. The van der Waals surface area contributed by atoms with Crippen molar-refractivity contribution in [1.82, 2.24) is 9.88 Å². The molecular weight excluding hydrogens is 244 g/mol. The van der Waals surface area contributed by atoms with Crippen LogP contribution in [0.5, 0.6) is 0 Å². The molecule has 1 aliphatic heterocycles. The lowest BCUT2D eigenvalue weighted by Gasteiger charge is -2.41. The normalized spacial score (nSPS) is 21.1. The van der Waals surface area contributed by atoms with Gasteiger partial charge in [-0.25, -0.2) is 0 Å². The van der Waals surface area contributed by atoms with Gasteiger partial charge in [0, 0.05) is 17.9 Å². The monoisotopic (exact) mass is 274 g/mol. The number of likely N-dealkylation sites (tertiary alicyclic amines) is 1. The summed E-state index contributed by atoms with van der Waals surface area (Å²) in [5.74, 6) is 0.569. The van der Waals surface area contributed by atoms with E-state index in [9.17, 15) is 0 Å². The van der Waals surface area contributed by atoms with Crippen LogP contribution in [0.15, 0.2) is 18.3 Å². The van der Waals surface area contributed by atoms with E-state index in [0.717, 1.165) is 6.42 Å². The molecule has 1 saturated heterocycles. The zero-order chi connectivity index (χ0) is 14.8. The van der Waals surface area contributed by atoms with Crippen molar-refractivity contribution in [2.45, 2.75) is 71.3 Å². The number of pyridine rings is 1. The Bertz CT molecular complexity index is 414. The van der Waals surface area contributed by atoms with Crippen molar-refractivity contribution >= 4 is 0 Å². The van der Waals surface area contributed by atoms with Gasteiger partial charge in [0.25, 0.3) is 0 Å². The standard InChI is InChI=1S/C18H30N2/c1-6-15(4)17-8-7-16(13-19-17)18(5)9-11-20(12-10-18)14(2)3/h7-8,13-15H,6,9-12H2,1-5H3. The van der Waals surface area contributed by atoms with Gasteiger partial charge in [0.2, 0.25) is 0 Å². The summed E-state index contributed by atoms with van der Waals surface area (Å²) in [5.41, 5.74) is 2.97. The van der Waals surface area contributed by atoms with Crippen LogP contribution in [0.25, 0.3) is 0 Å². The molecule has 0 bridgehead atoms. The summed E-state index contributed by atoms with van der Waals surface area (Å²) in [6, 6.07) is 5.23. The lowest BCUT2D eigenvalue weighted by Crippen LogP contribution is -2.44. The largest absolute Gasteiger partial charge is 0.301 e. The highest BCUT2D eigenvalue weighted by atomic mass is 15.2. The third kappa shape index (κ3) is 3.22. The number of aromatic nitrogens is 1. The van der Waals surface area contributed by atoms with Gasteiger partial charge in [-0.15, -0.1) is 0 Å². The molecule has 2 heterocycles. The van der Waals surface area contributed by atoms with E-state index in [-0.39, 0.29) is 0 Å². The summed E-state index contributed by atoms with van der Waals surface area (Å²) in [7, 11) is 0. The van der Waals surface area contributed by atoms with Crippen LogP contribution in [0.1, 0.15) is 71.1 Å². The minimum absolute atomic E-state index is 0.312. The van der Waals surface area contributed by atoms with Gasteiger partial charge < -0.3 is 4.90 Å². The lowest BCUT2D eigenvalue weighted by molar-refractivity contribution is 0.137. The molecule has 0 N–H and O–H groups in total. The second-order valence-corrected chi connectivity index (χ2v) is 6.97. The van der Waals surface area contributed by atoms with E-state index in [1.807, 2.05) is 0 Å². The molecule has 2 rings (SSSR count). The molecule has 1 aromatic rings. The fourth-order valence-corrected chi connectivity index (χ4v) is 3.09. The second-order valence-electron chi connectivity index (χ2n) is 6.97. The topological polar surface area (TPSA) is 16.1 Å². The van der Waals surface area contributed by atoms with E-state index >= 15 is 0 Å². The predicted molar refractivity (Wildman–Crippen MR) is 86.2 cm³/mol. The molecule has 1 unspecified atom stereocenters. The predicted octanol–water partition coefficient (Wildman–Crippen LogP) is 4.36. The Balaban J connectivity index is 2.08. The Kier molecular flexibility index (Phi) is 4.85. The highest BCUT2D eigenvalue weighted by Gasteiger charge is 2.32. The van der Waals surface area contributed by atoms with E-state index < -0.39 is 0 Å². The Morgan fingerprint density at radius 2 is 1.85 bits per heavy atom. The lowest BCUT2D eigenvalue weighted by atomic mass is 9.75. The van der Waals surface area contributed by atoms with Gasteiger partial charge in [-0.2, -0.15) is 0 Å². The van der Waals surface area contributed by atoms with E-state index in [1.165, 1.54) is 37.2 Å². The Morgan fingerprint density at radius 3 is 2.30 bits per heavy atom. The van der Waals surface area contributed by atoms with Crippen molar-refractivity contribution in [3.63, 3.8) is 0 Å². The van der Waals surface area contributed by atoms with Gasteiger partial charge >= 0.3 is 0 Å². The Hall–Kier alpha value is -0.890. The number of nitrogens with zero attached hydrogens (tertiary/aromatic N) is 2. The Labute approximate surface area is 124 Å². The summed E-state index contributed by atoms with van der Waals surface area (Å²) in [5, 5.41) is 0. The molecule has 1 atom stereocenters. The first-order chi connectivity index (χ1) is 9.46. The summed E-state index contributed by atoms with van der Waals surface area (Å²) in [4.78, 5) is 7.30. The smallest absolute Gasteiger partial charge is 0.0431 e. The van der Waals surface area contributed by atoms with Crippen LogP contribution in [-0.2, 0) is 5.41 Å². The molecule has 0 spiro atoms. The van der Waals surface area contributed by atoms with Crippen LogP contribution in [0.4, 0.5) is 0 Å². The Morgan fingerprint density at radius 1 is 1.20 bits per heavy atom. The van der Waals surface area contributed by atoms with Gasteiger partial charge in [-0.3, -0.25) is 4.98 Å². The van der Waals surface area contributed by atoms with Crippen molar-refractivity contribution in [3.05, 3.63) is 29.6 Å². The zero-order valence-electron chi connectivity index (χ0n) is 13.8. The molecule has 112 valence electrons. The van der Waals surface area contributed by atoms with Crippen molar-refractivity contribution in [1.29, 1.82) is 0 Å². The van der Waals surface area contributed by atoms with Crippen LogP contribution in [0.2, 0.25) is 0 Å². The molecule has 1 fully saturated rings. The molecule has 1 aromatic heterocycles. The quantitative estimate of drug-likeness (QED) is 0.811. The van der Waals surface area contributed by atoms with Gasteiger partial charge in [0.05, 0.1) is 0 Å². The highest BCUT2D eigenvalue weighted by Crippen LogP contribution is 2.35. The molecule has 2 heteroatoms. The van der Waals surface area contributed by atoms with Crippen molar-refractivity contribution < 1.29 is 0 Å². The number of hydrogen-bond acceptors (Lipinski definition) is 2. The molecule has 0 radical (unpaired) electrons. The number of piperidine rings is 1. The number of hydrogen-bond donors (Lipinski definition) is 0. The van der Waals surface area contributed by atoms with E-state index in [2.05, 4.69) is 57.8 Å². The summed E-state index contributed by atoms with van der Waals surface area (Å²) >= 11 is 0. The molecule has 0 saturated carbocycles. The van der Waals surface area contributed by atoms with Gasteiger partial charge in [-0.05, 0) is 69.2 Å². The first-order valence-electron chi connectivity index (χ1n) is 8.17. The summed E-state index contributed by atoms with van der Waals surface area (Å²) in [6.07, 6.45) is 5.78. The maximum Gasteiger partial charge on any atom is 0.0431 e. The van der Waals surface area contributed by atoms with E-state index in [1.54, 1.807) is 0 Å². The fourth-order valence-electron chi connectivity index (χ4n) is 3.09. The molecule has 0 amide bonds. The fraction of sp³-hybridized carbons (Fsp3) is 0.722. The zero-order valence-corrected chi connectivity index (χ0v) is 13.8. The third-order valence-electron chi connectivity index (χ3n) is 5.23. The summed E-state index contributed by atoms with van der Waals surface area (Å²) in [6.45, 7) is 13.9. The molecule has 20 heavy (non-hydrogen) atoms. The van der Waals surface area contributed by atoms with E-state index in [0.29, 0.717) is 17.4 Å². The minimum atomic E-state index is 0.312. The maximum atomic E-state index is 4.71. The first kappa shape index (κ1) is 15.5. The van der Waals surface area contributed by atoms with Crippen LogP contribution in [-0.4, -0.2) is 29.0 Å². The van der Waals surface area contributed by atoms with Crippen molar-refractivity contribution in [3.8, 4) is 0 Å². The van der Waals surface area contributed by atoms with Crippen LogP contribution >= 0.6 is 0 Å². The molecule has 2 nitrogen and oxygen atoms in total. The van der Waals surface area contributed by atoms with E-state index in [4.69, 9.17) is 4.98 Å². The minimum Gasteiger partial charge on any atom is -0.301 e. The first-order valence-corrected chi connectivity index (χ1v) is 8.17. The maximum absolute atomic E-state index is 4.71. The van der Waals surface area contributed by atoms with Gasteiger partial charge in [0.15, 0.2) is 0 Å². The van der Waals surface area contributed by atoms with Crippen LogP contribution < -0.4 is 0 Å². The highest BCUT2D eigenvalue weighted by molar-refractivity contribution is 5.25. The van der Waals surface area contributed by atoms with Gasteiger partial charge in [0.1, 0.15) is 0 Å². The average molecular weight is 274 g/mol. The van der Waals surface area contributed by atoms with Crippen molar-refractivity contribution in [2.75, 3.05) is 13.1 Å². The van der Waals surface area contributed by atoms with Gasteiger partial charge in [-0.1, -0.05) is 26.8 Å². The van der Waals surface area contributed by atoms with Crippen molar-refractivity contribution in [2.24, 2.45) is 0 Å². The molecule has 0 aromatic carbocycles. The SMILES string of the molecule is CCC(C)c1ccc(C2(C)CCN(C(C)C)CC2)cn1. The third-order valence-corrected chi connectivity index (χ3v) is 5.23. The molecule has 0 aliphatic carbocycles. The summed E-state index contributed by atoms with van der Waals surface area (Å²) < 4.78 is 0. The van der Waals surface area contributed by atoms with Crippen LogP contribution in [0, 0.1) is 0 Å². The average Bonchev–Trinajstić information content (AvgIpc) is 2.47. The molecule has 1 aliphatic rings. The molecular formula is C18H30N2. The number of rotatable bonds is 4. The van der Waals surface area contributed by atoms with Crippen LogP contribution in [0.3, 0.4) is 0 Å².